The third kappa shape index (κ3) is 4.77. The average Bonchev–Trinajstić information content (AvgIpc) is 3.24. The molecule has 11 heteroatoms. The van der Waals surface area contributed by atoms with Crippen molar-refractivity contribution in [1.29, 1.82) is 5.41 Å². The summed E-state index contributed by atoms with van der Waals surface area (Å²) in [6.45, 7) is 2.43. The van der Waals surface area contributed by atoms with E-state index in [4.69, 9.17) is 10.2 Å². The number of hydrazone groups is 1. The van der Waals surface area contributed by atoms with Crippen molar-refractivity contribution < 1.29 is 18.4 Å². The van der Waals surface area contributed by atoms with Gasteiger partial charge < -0.3 is 5.32 Å². The Balaban J connectivity index is 1.77. The van der Waals surface area contributed by atoms with Crippen LogP contribution in [0.2, 0.25) is 0 Å². The van der Waals surface area contributed by atoms with E-state index in [2.05, 4.69) is 15.3 Å². The molecule has 2 amide bonds. The van der Waals surface area contributed by atoms with Gasteiger partial charge in [0.25, 0.3) is 0 Å². The maximum atomic E-state index is 14.7. The maximum Gasteiger partial charge on any atom is 0.365 e. The Morgan fingerprint density at radius 1 is 1.29 bits per heavy atom. The molecule has 34 heavy (non-hydrogen) atoms. The van der Waals surface area contributed by atoms with Crippen LogP contribution in [0.15, 0.2) is 53.6 Å². The zero-order chi connectivity index (χ0) is 24.3. The van der Waals surface area contributed by atoms with E-state index in [0.717, 1.165) is 35.4 Å². The summed E-state index contributed by atoms with van der Waals surface area (Å²) in [6.07, 6.45) is 0.433. The van der Waals surface area contributed by atoms with Gasteiger partial charge in [0.15, 0.2) is 0 Å². The minimum atomic E-state index is -1.04. The second kappa shape index (κ2) is 10.1. The zero-order valence-corrected chi connectivity index (χ0v) is 19.7. The molecular formula is C23H26F2N6O2S. The molecule has 0 aliphatic carbocycles. The lowest BCUT2D eigenvalue weighted by atomic mass is 10.0. The Bertz CT molecular complexity index is 1100. The summed E-state index contributed by atoms with van der Waals surface area (Å²) in [7, 11) is 2.84. The molecule has 2 aromatic rings. The number of piperazine rings is 1. The molecule has 1 atom stereocenters. The number of amidine groups is 1. The maximum absolute atomic E-state index is 14.7. The lowest BCUT2D eigenvalue weighted by Gasteiger charge is -2.39. The van der Waals surface area contributed by atoms with Crippen LogP contribution in [-0.4, -0.2) is 72.2 Å². The Labute approximate surface area is 201 Å². The van der Waals surface area contributed by atoms with Crippen LogP contribution in [0.5, 0.6) is 0 Å². The van der Waals surface area contributed by atoms with Crippen molar-refractivity contribution in [2.45, 2.75) is 11.3 Å². The predicted octanol–water partition coefficient (Wildman–Crippen LogP) is 3.41. The van der Waals surface area contributed by atoms with Gasteiger partial charge >= 0.3 is 6.03 Å². The number of hydrogen-bond acceptors (Lipinski definition) is 6. The third-order valence-corrected chi connectivity index (χ3v) is 7.27. The fraction of sp³-hybridized carbons (Fsp3) is 0.348. The normalized spacial score (nSPS) is 20.8. The van der Waals surface area contributed by atoms with E-state index < -0.39 is 22.5 Å². The highest BCUT2D eigenvalue weighted by molar-refractivity contribution is 8.15. The Hall–Kier alpha value is -3.02. The highest BCUT2D eigenvalue weighted by atomic mass is 32.2. The first-order valence-corrected chi connectivity index (χ1v) is 11.6. The van der Waals surface area contributed by atoms with Crippen molar-refractivity contribution in [2.24, 2.45) is 5.10 Å². The number of carbonyl (C=O) groups excluding carboxylic acids is 1. The molecule has 0 bridgehead atoms. The summed E-state index contributed by atoms with van der Waals surface area (Å²) in [5.41, 5.74) is 0.781. The molecule has 4 rings (SSSR count). The molecular weight excluding hydrogens is 462 g/mol. The first-order chi connectivity index (χ1) is 16.3. The van der Waals surface area contributed by atoms with E-state index >= 15 is 0 Å². The highest BCUT2D eigenvalue weighted by Gasteiger charge is 2.50. The van der Waals surface area contributed by atoms with Crippen LogP contribution in [0, 0.1) is 17.0 Å². The van der Waals surface area contributed by atoms with Gasteiger partial charge in [0, 0.05) is 32.2 Å². The number of thioether (sulfide) groups is 1. The van der Waals surface area contributed by atoms with Crippen LogP contribution in [0.25, 0.3) is 0 Å². The minimum Gasteiger partial charge on any atom is -0.372 e. The molecule has 1 unspecified atom stereocenters. The molecule has 2 aliphatic rings. The Morgan fingerprint density at radius 3 is 2.76 bits per heavy atom. The molecule has 8 nitrogen and oxygen atoms in total. The molecule has 2 heterocycles. The molecule has 0 radical (unpaired) electrons. The second-order valence-corrected chi connectivity index (χ2v) is 9.25. The summed E-state index contributed by atoms with van der Waals surface area (Å²) < 4.78 is 28.7. The van der Waals surface area contributed by atoms with Crippen molar-refractivity contribution in [3.63, 3.8) is 0 Å². The van der Waals surface area contributed by atoms with Gasteiger partial charge in [-0.25, -0.2) is 18.6 Å². The van der Waals surface area contributed by atoms with Gasteiger partial charge in [-0.1, -0.05) is 42.1 Å². The number of amides is 2. The number of hydroxylamine groups is 2. The molecule has 0 saturated carbocycles. The number of rotatable bonds is 6. The fourth-order valence-electron chi connectivity index (χ4n) is 3.98. The molecule has 1 saturated heterocycles. The SMILES string of the molecule is CON(C)C(=O)N1N=C(c2cc(F)ccc2F)SC1(CCN1CCNC(=N)C1)c1ccccc1. The molecule has 1 fully saturated rings. The summed E-state index contributed by atoms with van der Waals surface area (Å²) >= 11 is 1.21. The van der Waals surface area contributed by atoms with Crippen molar-refractivity contribution >= 4 is 28.7 Å². The quantitative estimate of drug-likeness (QED) is 0.609. The molecule has 2 aliphatic heterocycles. The van der Waals surface area contributed by atoms with Crippen LogP contribution < -0.4 is 5.32 Å². The van der Waals surface area contributed by atoms with E-state index in [-0.39, 0.29) is 10.6 Å². The van der Waals surface area contributed by atoms with Crippen molar-refractivity contribution in [3.05, 3.63) is 71.3 Å². The smallest absolute Gasteiger partial charge is 0.365 e. The van der Waals surface area contributed by atoms with Crippen LogP contribution in [0.3, 0.4) is 0 Å². The summed E-state index contributed by atoms with van der Waals surface area (Å²) in [5.74, 6) is -0.785. The lowest BCUT2D eigenvalue weighted by molar-refractivity contribution is -0.0807. The molecule has 0 aromatic heterocycles. The number of nitrogens with zero attached hydrogens (tertiary/aromatic N) is 4. The number of benzene rings is 2. The number of carbonyl (C=O) groups is 1. The van der Waals surface area contributed by atoms with E-state index in [1.54, 1.807) is 0 Å². The molecule has 2 N–H and O–H groups in total. The average molecular weight is 489 g/mol. The topological polar surface area (TPSA) is 84.3 Å². The lowest BCUT2D eigenvalue weighted by Crippen LogP contribution is -2.51. The van der Waals surface area contributed by atoms with Crippen LogP contribution in [0.1, 0.15) is 17.5 Å². The van der Waals surface area contributed by atoms with Crippen molar-refractivity contribution in [3.8, 4) is 0 Å². The van der Waals surface area contributed by atoms with Crippen molar-refractivity contribution in [1.82, 2.24) is 20.3 Å². The zero-order valence-electron chi connectivity index (χ0n) is 18.9. The number of hydrogen-bond donors (Lipinski definition) is 2. The van der Waals surface area contributed by atoms with E-state index in [9.17, 15) is 13.6 Å². The molecule has 0 spiro atoms. The predicted molar refractivity (Wildman–Crippen MR) is 127 cm³/mol. The van der Waals surface area contributed by atoms with Gasteiger partial charge in [-0.15, -0.1) is 0 Å². The van der Waals surface area contributed by atoms with Crippen LogP contribution in [0.4, 0.5) is 13.6 Å². The summed E-state index contributed by atoms with van der Waals surface area (Å²) in [5, 5.41) is 18.0. The summed E-state index contributed by atoms with van der Waals surface area (Å²) in [4.78, 5) is 19.6. The van der Waals surface area contributed by atoms with Crippen LogP contribution >= 0.6 is 11.8 Å². The monoisotopic (exact) mass is 488 g/mol. The summed E-state index contributed by atoms with van der Waals surface area (Å²) in [6, 6.07) is 12.0. The molecule has 180 valence electrons. The van der Waals surface area contributed by atoms with E-state index in [1.807, 2.05) is 30.3 Å². The van der Waals surface area contributed by atoms with Crippen LogP contribution in [-0.2, 0) is 9.71 Å². The number of halogens is 2. The van der Waals surface area contributed by atoms with Gasteiger partial charge in [0.1, 0.15) is 27.4 Å². The third-order valence-electron chi connectivity index (χ3n) is 5.82. The first-order valence-electron chi connectivity index (χ1n) is 10.8. The molecule has 2 aromatic carbocycles. The number of nitrogens with one attached hydrogen (secondary N) is 2. The largest absolute Gasteiger partial charge is 0.372 e. The van der Waals surface area contributed by atoms with E-state index in [1.165, 1.54) is 30.9 Å². The van der Waals surface area contributed by atoms with Gasteiger partial charge in [-0.3, -0.25) is 15.1 Å². The van der Waals surface area contributed by atoms with Gasteiger partial charge in [-0.2, -0.15) is 10.1 Å². The second-order valence-electron chi connectivity index (χ2n) is 7.99. The van der Waals surface area contributed by atoms with Gasteiger partial charge in [-0.05, 0) is 30.2 Å². The number of urea groups is 1. The fourth-order valence-corrected chi connectivity index (χ4v) is 5.34. The Morgan fingerprint density at radius 2 is 2.06 bits per heavy atom. The standard InChI is InChI=1S/C23H26F2N6O2S/c1-29(33-2)22(32)31-23(16-6-4-3-5-7-16,10-12-30-13-11-27-20(26)15-30)34-21(28-31)18-14-17(24)8-9-19(18)25/h3-9,14H,10-13,15H2,1-2H3,(H2,26,27). The minimum absolute atomic E-state index is 0.00961. The Kier molecular flexibility index (Phi) is 7.15. The van der Waals surface area contributed by atoms with Gasteiger partial charge in [0.2, 0.25) is 0 Å². The van der Waals surface area contributed by atoms with E-state index in [0.29, 0.717) is 31.9 Å². The van der Waals surface area contributed by atoms with Crippen molar-refractivity contribution in [2.75, 3.05) is 40.3 Å². The van der Waals surface area contributed by atoms with Gasteiger partial charge in [0.05, 0.1) is 13.7 Å². The highest BCUT2D eigenvalue weighted by Crippen LogP contribution is 2.50. The first kappa shape index (κ1) is 24.1.